The van der Waals surface area contributed by atoms with Crippen LogP contribution in [0.1, 0.15) is 6.42 Å². The Hall–Kier alpha value is -1.33. The molecule has 1 fully saturated rings. The predicted octanol–water partition coefficient (Wildman–Crippen LogP) is 2.59. The van der Waals surface area contributed by atoms with Crippen LogP contribution in [0.25, 0.3) is 0 Å². The molecule has 0 saturated carbocycles. The molecule has 1 aromatic carbocycles. The molecule has 17 heavy (non-hydrogen) atoms. The van der Waals surface area contributed by atoms with E-state index in [1.165, 1.54) is 17.0 Å². The van der Waals surface area contributed by atoms with Crippen molar-refractivity contribution in [3.8, 4) is 0 Å². The van der Waals surface area contributed by atoms with E-state index in [0.717, 1.165) is 0 Å². The normalized spacial score (nSPS) is 19.8. The predicted molar refractivity (Wildman–Crippen MR) is 64.7 cm³/mol. The van der Waals surface area contributed by atoms with Crippen molar-refractivity contribution in [2.24, 2.45) is 0 Å². The summed E-state index contributed by atoms with van der Waals surface area (Å²) in [6, 6.07) is 4.27. The molecular weight excluding hydrogens is 267 g/mol. The van der Waals surface area contributed by atoms with Gasteiger partial charge in [0.2, 0.25) is 5.91 Å². The summed E-state index contributed by atoms with van der Waals surface area (Å²) in [4.78, 5) is 23.2. The van der Waals surface area contributed by atoms with Gasteiger partial charge in [0, 0.05) is 19.0 Å². The Balaban J connectivity index is 2.37. The fourth-order valence-electron chi connectivity index (χ4n) is 1.72. The van der Waals surface area contributed by atoms with Crippen molar-refractivity contribution in [1.82, 2.24) is 0 Å². The highest BCUT2D eigenvalue weighted by Gasteiger charge is 2.30. The molecular formula is C10H8Cl2N2O3. The van der Waals surface area contributed by atoms with E-state index in [1.54, 1.807) is 6.07 Å². The van der Waals surface area contributed by atoms with Crippen LogP contribution >= 0.6 is 23.2 Å². The molecule has 0 aliphatic carbocycles. The molecule has 1 aromatic rings. The largest absolute Gasteiger partial charge is 0.311 e. The van der Waals surface area contributed by atoms with Crippen LogP contribution < -0.4 is 4.90 Å². The monoisotopic (exact) mass is 274 g/mol. The van der Waals surface area contributed by atoms with Crippen LogP contribution in [0.4, 0.5) is 11.4 Å². The van der Waals surface area contributed by atoms with Crippen molar-refractivity contribution >= 4 is 40.5 Å². The van der Waals surface area contributed by atoms with Crippen molar-refractivity contribution < 1.29 is 9.72 Å². The third kappa shape index (κ3) is 2.35. The van der Waals surface area contributed by atoms with Gasteiger partial charge in [-0.1, -0.05) is 11.6 Å². The van der Waals surface area contributed by atoms with Crippen molar-refractivity contribution in [1.29, 1.82) is 0 Å². The van der Waals surface area contributed by atoms with E-state index in [1.807, 2.05) is 0 Å². The lowest BCUT2D eigenvalue weighted by atomic mass is 10.2. The van der Waals surface area contributed by atoms with Crippen LogP contribution in [-0.4, -0.2) is 22.8 Å². The lowest BCUT2D eigenvalue weighted by molar-refractivity contribution is -0.384. The number of carbonyl (C=O) groups excluding carboxylic acids is 1. The molecule has 0 N–H and O–H groups in total. The molecule has 5 nitrogen and oxygen atoms in total. The lowest BCUT2D eigenvalue weighted by Crippen LogP contribution is -2.24. The first kappa shape index (κ1) is 12.1. The molecule has 0 spiro atoms. The first-order valence-corrected chi connectivity index (χ1v) is 5.69. The number of benzene rings is 1. The third-order valence-corrected chi connectivity index (χ3v) is 3.13. The van der Waals surface area contributed by atoms with E-state index in [9.17, 15) is 14.9 Å². The standard InChI is InChI=1S/C10H8Cl2N2O3/c11-6-3-10(15)13(5-6)7-1-2-8(12)9(4-7)14(16)17/h1-2,4,6H,3,5H2. The highest BCUT2D eigenvalue weighted by molar-refractivity contribution is 6.32. The average molecular weight is 275 g/mol. The number of amides is 1. The molecule has 90 valence electrons. The maximum atomic E-state index is 11.6. The number of nitro benzene ring substituents is 1. The van der Waals surface area contributed by atoms with Crippen LogP contribution in [0.5, 0.6) is 0 Å². The number of carbonyl (C=O) groups is 1. The minimum atomic E-state index is -0.579. The fourth-order valence-corrected chi connectivity index (χ4v) is 2.18. The van der Waals surface area contributed by atoms with Crippen LogP contribution in [0.15, 0.2) is 18.2 Å². The summed E-state index contributed by atoms with van der Waals surface area (Å²) in [5.74, 6) is -0.137. The van der Waals surface area contributed by atoms with Gasteiger partial charge >= 0.3 is 0 Å². The second-order valence-electron chi connectivity index (χ2n) is 3.70. The van der Waals surface area contributed by atoms with Crippen molar-refractivity contribution in [2.75, 3.05) is 11.4 Å². The lowest BCUT2D eigenvalue weighted by Gasteiger charge is -2.15. The third-order valence-electron chi connectivity index (χ3n) is 2.52. The Morgan fingerprint density at radius 1 is 1.47 bits per heavy atom. The number of halogens is 2. The maximum Gasteiger partial charge on any atom is 0.289 e. The van der Waals surface area contributed by atoms with Crippen molar-refractivity contribution in [2.45, 2.75) is 11.8 Å². The molecule has 1 saturated heterocycles. The number of alkyl halides is 1. The van der Waals surface area contributed by atoms with Crippen molar-refractivity contribution in [3.63, 3.8) is 0 Å². The van der Waals surface area contributed by atoms with Gasteiger partial charge in [-0.3, -0.25) is 14.9 Å². The Morgan fingerprint density at radius 3 is 2.71 bits per heavy atom. The van der Waals surface area contributed by atoms with Crippen molar-refractivity contribution in [3.05, 3.63) is 33.3 Å². The molecule has 2 rings (SSSR count). The number of rotatable bonds is 2. The van der Waals surface area contributed by atoms with Gasteiger partial charge in [-0.25, -0.2) is 0 Å². The first-order chi connectivity index (χ1) is 7.99. The molecule has 1 amide bonds. The Kier molecular flexibility index (Phi) is 3.22. The van der Waals surface area contributed by atoms with Crippen LogP contribution in [0.3, 0.4) is 0 Å². The van der Waals surface area contributed by atoms with Gasteiger partial charge < -0.3 is 4.90 Å². The molecule has 1 aliphatic heterocycles. The minimum Gasteiger partial charge on any atom is -0.311 e. The zero-order chi connectivity index (χ0) is 12.6. The van der Waals surface area contributed by atoms with Crippen LogP contribution in [0.2, 0.25) is 5.02 Å². The van der Waals surface area contributed by atoms with Gasteiger partial charge in [0.25, 0.3) is 5.69 Å². The zero-order valence-electron chi connectivity index (χ0n) is 8.60. The van der Waals surface area contributed by atoms with Gasteiger partial charge in [0.05, 0.1) is 16.0 Å². The number of hydrogen-bond acceptors (Lipinski definition) is 3. The molecule has 1 aliphatic rings. The summed E-state index contributed by atoms with van der Waals surface area (Å²) in [6.07, 6.45) is 0.248. The molecule has 0 aromatic heterocycles. The number of anilines is 1. The molecule has 1 unspecified atom stereocenters. The summed E-state index contributed by atoms with van der Waals surface area (Å²) in [5, 5.41) is 10.5. The summed E-state index contributed by atoms with van der Waals surface area (Å²) < 4.78 is 0. The highest BCUT2D eigenvalue weighted by Crippen LogP contribution is 2.31. The van der Waals surface area contributed by atoms with Crippen LogP contribution in [-0.2, 0) is 4.79 Å². The number of hydrogen-bond donors (Lipinski definition) is 0. The summed E-state index contributed by atoms with van der Waals surface area (Å²) in [6.45, 7) is 0.360. The molecule has 1 atom stereocenters. The second-order valence-corrected chi connectivity index (χ2v) is 4.72. The second kappa shape index (κ2) is 4.50. The maximum absolute atomic E-state index is 11.6. The molecule has 0 radical (unpaired) electrons. The SMILES string of the molecule is O=C1CC(Cl)CN1c1ccc(Cl)c([N+](=O)[O-])c1. The number of nitrogens with zero attached hydrogens (tertiary/aromatic N) is 2. The van der Waals surface area contributed by atoms with Gasteiger partial charge in [0.15, 0.2) is 0 Å². The molecule has 1 heterocycles. The molecule has 0 bridgehead atoms. The van der Waals surface area contributed by atoms with Gasteiger partial charge in [-0.05, 0) is 12.1 Å². The zero-order valence-corrected chi connectivity index (χ0v) is 10.1. The fraction of sp³-hybridized carbons (Fsp3) is 0.300. The highest BCUT2D eigenvalue weighted by atomic mass is 35.5. The Bertz CT molecular complexity index is 492. The smallest absolute Gasteiger partial charge is 0.289 e. The van der Waals surface area contributed by atoms with E-state index < -0.39 is 4.92 Å². The van der Waals surface area contributed by atoms with E-state index >= 15 is 0 Å². The van der Waals surface area contributed by atoms with Gasteiger partial charge in [-0.2, -0.15) is 0 Å². The quantitative estimate of drug-likeness (QED) is 0.473. The number of nitro groups is 1. The van der Waals surface area contributed by atoms with E-state index in [2.05, 4.69) is 0 Å². The Labute approximate surface area is 107 Å². The minimum absolute atomic E-state index is 0.0489. The molecule has 7 heteroatoms. The van der Waals surface area contributed by atoms with E-state index in [4.69, 9.17) is 23.2 Å². The average Bonchev–Trinajstić information content (AvgIpc) is 2.58. The van der Waals surface area contributed by atoms with E-state index in [0.29, 0.717) is 12.2 Å². The topological polar surface area (TPSA) is 63.5 Å². The van der Waals surface area contributed by atoms with Gasteiger partial charge in [0.1, 0.15) is 5.02 Å². The Morgan fingerprint density at radius 2 is 2.18 bits per heavy atom. The summed E-state index contributed by atoms with van der Waals surface area (Å²) in [7, 11) is 0. The van der Waals surface area contributed by atoms with Crippen LogP contribution in [0, 0.1) is 10.1 Å². The van der Waals surface area contributed by atoms with E-state index in [-0.39, 0.29) is 28.4 Å². The first-order valence-electron chi connectivity index (χ1n) is 4.87. The summed E-state index contributed by atoms with van der Waals surface area (Å²) >= 11 is 11.6. The summed E-state index contributed by atoms with van der Waals surface area (Å²) in [5.41, 5.74) is 0.240. The van der Waals surface area contributed by atoms with Gasteiger partial charge in [-0.15, -0.1) is 11.6 Å².